The van der Waals surface area contributed by atoms with Crippen LogP contribution in [0.1, 0.15) is 30.0 Å². The summed E-state index contributed by atoms with van der Waals surface area (Å²) in [4.78, 5) is 7.24. The predicted molar refractivity (Wildman–Crippen MR) is 95.9 cm³/mol. The van der Waals surface area contributed by atoms with Crippen molar-refractivity contribution < 1.29 is 8.42 Å². The van der Waals surface area contributed by atoms with E-state index in [1.165, 1.54) is 11.8 Å². The summed E-state index contributed by atoms with van der Waals surface area (Å²) in [5.41, 5.74) is 2.08. The molecule has 0 N–H and O–H groups in total. The molecule has 1 aromatic carbocycles. The third-order valence-corrected chi connectivity index (χ3v) is 5.80. The zero-order valence-corrected chi connectivity index (χ0v) is 14.9. The predicted octanol–water partition coefficient (Wildman–Crippen LogP) is 2.91. The van der Waals surface area contributed by atoms with Crippen molar-refractivity contribution in [1.29, 1.82) is 0 Å². The van der Waals surface area contributed by atoms with Gasteiger partial charge in [0.2, 0.25) is 0 Å². The quantitative estimate of drug-likeness (QED) is 0.837. The first-order chi connectivity index (χ1) is 11.5. The first kappa shape index (κ1) is 17.1. The van der Waals surface area contributed by atoms with Crippen molar-refractivity contribution in [3.8, 4) is 0 Å². The fourth-order valence-corrected chi connectivity index (χ4v) is 4.36. The molecule has 5 heteroatoms. The zero-order chi connectivity index (χ0) is 17.0. The molecule has 1 fully saturated rings. The number of nitrogens with zero attached hydrogens (tertiary/aromatic N) is 2. The Balaban J connectivity index is 1.70. The van der Waals surface area contributed by atoms with Gasteiger partial charge in [-0.3, -0.25) is 4.98 Å². The Kier molecular flexibility index (Phi) is 5.31. The van der Waals surface area contributed by atoms with E-state index >= 15 is 0 Å². The van der Waals surface area contributed by atoms with Crippen LogP contribution in [0.3, 0.4) is 0 Å². The van der Waals surface area contributed by atoms with Gasteiger partial charge in [-0.05, 0) is 43.5 Å². The highest BCUT2D eigenvalue weighted by molar-refractivity contribution is 7.90. The number of benzene rings is 1. The lowest BCUT2D eigenvalue weighted by atomic mass is 9.94. The third-order valence-electron chi connectivity index (χ3n) is 4.65. The molecule has 2 aromatic rings. The van der Waals surface area contributed by atoms with Crippen molar-refractivity contribution in [1.82, 2.24) is 9.88 Å². The molecule has 1 aliphatic rings. The van der Waals surface area contributed by atoms with Gasteiger partial charge >= 0.3 is 0 Å². The Labute approximate surface area is 144 Å². The Bertz CT molecular complexity index is 775. The van der Waals surface area contributed by atoms with Crippen molar-refractivity contribution in [2.24, 2.45) is 0 Å². The van der Waals surface area contributed by atoms with E-state index in [4.69, 9.17) is 0 Å². The lowest BCUT2D eigenvalue weighted by Gasteiger charge is -2.33. The van der Waals surface area contributed by atoms with Crippen molar-refractivity contribution in [3.05, 3.63) is 59.9 Å². The molecule has 0 radical (unpaired) electrons. The third kappa shape index (κ3) is 4.22. The summed E-state index contributed by atoms with van der Waals surface area (Å²) in [6.45, 7) is 2.96. The monoisotopic (exact) mass is 344 g/mol. The lowest BCUT2D eigenvalue weighted by Crippen LogP contribution is -2.36. The van der Waals surface area contributed by atoms with E-state index in [1.807, 2.05) is 6.07 Å². The van der Waals surface area contributed by atoms with Crippen LogP contribution in [0.15, 0.2) is 53.6 Å². The van der Waals surface area contributed by atoms with Gasteiger partial charge in [0, 0.05) is 31.5 Å². The van der Waals surface area contributed by atoms with Crippen LogP contribution in [-0.4, -0.2) is 44.2 Å². The molecule has 1 atom stereocenters. The lowest BCUT2D eigenvalue weighted by molar-refractivity contribution is 0.207. The maximum Gasteiger partial charge on any atom is 0.177 e. The SMILES string of the molecule is CS(=O)(=O)c1cccnc1C1CCCN(CCc2ccccc2)C1. The molecule has 1 saturated heterocycles. The summed E-state index contributed by atoms with van der Waals surface area (Å²) in [7, 11) is -3.24. The molecular weight excluding hydrogens is 320 g/mol. The Morgan fingerprint density at radius 2 is 1.96 bits per heavy atom. The van der Waals surface area contributed by atoms with E-state index in [-0.39, 0.29) is 5.92 Å². The molecule has 128 valence electrons. The minimum atomic E-state index is -3.24. The van der Waals surface area contributed by atoms with E-state index in [0.717, 1.165) is 44.6 Å². The first-order valence-corrected chi connectivity index (χ1v) is 10.3. The van der Waals surface area contributed by atoms with Crippen LogP contribution in [0.4, 0.5) is 0 Å². The van der Waals surface area contributed by atoms with E-state index in [1.54, 1.807) is 18.3 Å². The molecule has 1 aliphatic heterocycles. The second-order valence-electron chi connectivity index (χ2n) is 6.53. The smallest absolute Gasteiger partial charge is 0.177 e. The van der Waals surface area contributed by atoms with Crippen LogP contribution >= 0.6 is 0 Å². The minimum absolute atomic E-state index is 0.195. The topological polar surface area (TPSA) is 50.3 Å². The van der Waals surface area contributed by atoms with Gasteiger partial charge in [-0.15, -0.1) is 0 Å². The first-order valence-electron chi connectivity index (χ1n) is 8.45. The molecule has 0 bridgehead atoms. The number of piperidine rings is 1. The number of rotatable bonds is 5. The molecule has 0 saturated carbocycles. The van der Waals surface area contributed by atoms with Gasteiger partial charge in [0.1, 0.15) is 0 Å². The summed E-state index contributed by atoms with van der Waals surface area (Å²) in [5, 5.41) is 0. The highest BCUT2D eigenvalue weighted by atomic mass is 32.2. The molecule has 3 rings (SSSR count). The van der Waals surface area contributed by atoms with Gasteiger partial charge in [-0.1, -0.05) is 30.3 Å². The molecule has 4 nitrogen and oxygen atoms in total. The van der Waals surface area contributed by atoms with Crippen molar-refractivity contribution in [2.45, 2.75) is 30.1 Å². The summed E-state index contributed by atoms with van der Waals surface area (Å²) >= 11 is 0. The molecule has 1 aromatic heterocycles. The number of sulfone groups is 1. The second kappa shape index (κ2) is 7.45. The van der Waals surface area contributed by atoms with Gasteiger partial charge in [0.25, 0.3) is 0 Å². The van der Waals surface area contributed by atoms with Crippen LogP contribution in [-0.2, 0) is 16.3 Å². The van der Waals surface area contributed by atoms with Crippen LogP contribution in [0.5, 0.6) is 0 Å². The normalized spacial score (nSPS) is 19.3. The van der Waals surface area contributed by atoms with Gasteiger partial charge in [-0.2, -0.15) is 0 Å². The van der Waals surface area contributed by atoms with Crippen LogP contribution in [0, 0.1) is 0 Å². The van der Waals surface area contributed by atoms with E-state index in [2.05, 4.69) is 34.1 Å². The fourth-order valence-electron chi connectivity index (χ4n) is 3.44. The number of pyridine rings is 1. The van der Waals surface area contributed by atoms with Crippen molar-refractivity contribution in [2.75, 3.05) is 25.9 Å². The van der Waals surface area contributed by atoms with Crippen LogP contribution < -0.4 is 0 Å². The second-order valence-corrected chi connectivity index (χ2v) is 8.52. The highest BCUT2D eigenvalue weighted by Crippen LogP contribution is 2.29. The van der Waals surface area contributed by atoms with Gasteiger partial charge in [-0.25, -0.2) is 8.42 Å². The van der Waals surface area contributed by atoms with Gasteiger partial charge in [0.15, 0.2) is 9.84 Å². The van der Waals surface area contributed by atoms with Gasteiger partial charge in [0.05, 0.1) is 10.6 Å². The van der Waals surface area contributed by atoms with E-state index in [0.29, 0.717) is 4.90 Å². The fraction of sp³-hybridized carbons (Fsp3) is 0.421. The molecular formula is C19H24N2O2S. The number of hydrogen-bond acceptors (Lipinski definition) is 4. The number of hydrogen-bond donors (Lipinski definition) is 0. The minimum Gasteiger partial charge on any atom is -0.302 e. The maximum atomic E-state index is 12.0. The summed E-state index contributed by atoms with van der Waals surface area (Å²) in [6.07, 6.45) is 6.08. The number of aromatic nitrogens is 1. The zero-order valence-electron chi connectivity index (χ0n) is 14.1. The molecule has 0 aliphatic carbocycles. The van der Waals surface area contributed by atoms with E-state index < -0.39 is 9.84 Å². The molecule has 2 heterocycles. The Hall–Kier alpha value is -1.72. The van der Waals surface area contributed by atoms with Crippen LogP contribution in [0.2, 0.25) is 0 Å². The molecule has 24 heavy (non-hydrogen) atoms. The summed E-state index contributed by atoms with van der Waals surface area (Å²) in [6, 6.07) is 13.9. The molecule has 1 unspecified atom stereocenters. The summed E-state index contributed by atoms with van der Waals surface area (Å²) in [5.74, 6) is 0.195. The largest absolute Gasteiger partial charge is 0.302 e. The summed E-state index contributed by atoms with van der Waals surface area (Å²) < 4.78 is 24.1. The van der Waals surface area contributed by atoms with Crippen molar-refractivity contribution >= 4 is 9.84 Å². The molecule has 0 spiro atoms. The van der Waals surface area contributed by atoms with Crippen molar-refractivity contribution in [3.63, 3.8) is 0 Å². The van der Waals surface area contributed by atoms with Gasteiger partial charge < -0.3 is 4.90 Å². The Morgan fingerprint density at radius 1 is 1.17 bits per heavy atom. The molecule has 0 amide bonds. The standard InChI is InChI=1S/C19H24N2O2S/c1-24(22,23)18-10-5-12-20-19(18)17-9-6-13-21(15-17)14-11-16-7-3-2-4-8-16/h2-5,7-8,10,12,17H,6,9,11,13-15H2,1H3. The maximum absolute atomic E-state index is 12.0. The average Bonchev–Trinajstić information content (AvgIpc) is 2.60. The number of likely N-dealkylation sites (tertiary alicyclic amines) is 1. The Morgan fingerprint density at radius 3 is 2.71 bits per heavy atom. The van der Waals surface area contributed by atoms with Crippen LogP contribution in [0.25, 0.3) is 0 Å². The van der Waals surface area contributed by atoms with E-state index in [9.17, 15) is 8.42 Å². The highest BCUT2D eigenvalue weighted by Gasteiger charge is 2.26. The average molecular weight is 344 g/mol.